The maximum absolute atomic E-state index is 12.1. The van der Waals surface area contributed by atoms with Crippen molar-refractivity contribution in [3.8, 4) is 0 Å². The van der Waals surface area contributed by atoms with Crippen LogP contribution in [0.15, 0.2) is 24.3 Å². The van der Waals surface area contributed by atoms with Crippen LogP contribution in [0.1, 0.15) is 24.8 Å². The van der Waals surface area contributed by atoms with Crippen molar-refractivity contribution in [1.82, 2.24) is 0 Å². The average molecular weight is 263 g/mol. The second-order valence-corrected chi connectivity index (χ2v) is 4.93. The molecule has 1 saturated heterocycles. The van der Waals surface area contributed by atoms with Gasteiger partial charge in [-0.15, -0.1) is 0 Å². The lowest BCUT2D eigenvalue weighted by Gasteiger charge is -2.21. The van der Waals surface area contributed by atoms with E-state index in [1.54, 1.807) is 0 Å². The van der Waals surface area contributed by atoms with Crippen LogP contribution in [0.4, 0.5) is 5.69 Å². The van der Waals surface area contributed by atoms with Gasteiger partial charge in [0.05, 0.1) is 12.5 Å². The van der Waals surface area contributed by atoms with Crippen LogP contribution < -0.4 is 5.32 Å². The Hall–Kier alpha value is -1.39. The van der Waals surface area contributed by atoms with Gasteiger partial charge in [0.25, 0.3) is 0 Å². The van der Waals surface area contributed by atoms with Crippen molar-refractivity contribution in [1.29, 1.82) is 0 Å². The van der Waals surface area contributed by atoms with Gasteiger partial charge >= 0.3 is 0 Å². The van der Waals surface area contributed by atoms with Gasteiger partial charge < -0.3 is 15.2 Å². The highest BCUT2D eigenvalue weighted by Crippen LogP contribution is 2.17. The Morgan fingerprint density at radius 1 is 1.47 bits per heavy atom. The Balaban J connectivity index is 1.92. The molecule has 0 bridgehead atoms. The molecule has 19 heavy (non-hydrogen) atoms. The summed E-state index contributed by atoms with van der Waals surface area (Å²) < 4.78 is 5.33. The maximum atomic E-state index is 12.1. The average Bonchev–Trinajstić information content (AvgIpc) is 2.46. The number of benzene rings is 1. The minimum absolute atomic E-state index is 0.0325. The smallest absolute Gasteiger partial charge is 0.229 e. The van der Waals surface area contributed by atoms with Crippen LogP contribution in [-0.2, 0) is 16.0 Å². The van der Waals surface area contributed by atoms with Gasteiger partial charge in [0, 0.05) is 18.9 Å². The molecule has 1 aromatic rings. The summed E-state index contributed by atoms with van der Waals surface area (Å²) in [5, 5.41) is 11.8. The molecule has 1 atom stereocenters. The van der Waals surface area contributed by atoms with E-state index < -0.39 is 0 Å². The lowest BCUT2D eigenvalue weighted by molar-refractivity contribution is -0.123. The second-order valence-electron chi connectivity index (χ2n) is 4.93. The van der Waals surface area contributed by atoms with Gasteiger partial charge in [-0.1, -0.05) is 12.1 Å². The number of hydrogen-bond acceptors (Lipinski definition) is 3. The molecule has 1 heterocycles. The minimum atomic E-state index is -0.0325. The largest absolute Gasteiger partial charge is 0.396 e. The highest BCUT2D eigenvalue weighted by atomic mass is 16.5. The predicted octanol–water partition coefficient (Wildman–Crippen LogP) is 1.98. The van der Waals surface area contributed by atoms with Gasteiger partial charge in [-0.05, 0) is 43.4 Å². The molecule has 104 valence electrons. The van der Waals surface area contributed by atoms with Crippen molar-refractivity contribution in [2.45, 2.75) is 25.7 Å². The lowest BCUT2D eigenvalue weighted by Crippen LogP contribution is -2.30. The quantitative estimate of drug-likeness (QED) is 0.854. The van der Waals surface area contributed by atoms with Gasteiger partial charge in [0.15, 0.2) is 0 Å². The molecule has 1 aliphatic rings. The first-order valence-corrected chi connectivity index (χ1v) is 6.88. The van der Waals surface area contributed by atoms with Gasteiger partial charge in [-0.2, -0.15) is 0 Å². The van der Waals surface area contributed by atoms with E-state index in [1.807, 2.05) is 24.3 Å². The molecule has 0 aliphatic carbocycles. The standard InChI is InChI=1S/C15H21NO3/c17-8-2-5-12-4-1-7-14(10-12)16-15(18)13-6-3-9-19-11-13/h1,4,7,10,13,17H,2-3,5-6,8-9,11H2,(H,16,18). The lowest BCUT2D eigenvalue weighted by atomic mass is 10.0. The summed E-state index contributed by atoms with van der Waals surface area (Å²) in [6, 6.07) is 7.80. The minimum Gasteiger partial charge on any atom is -0.396 e. The van der Waals surface area contributed by atoms with Crippen molar-refractivity contribution in [3.05, 3.63) is 29.8 Å². The molecule has 4 nitrogen and oxygen atoms in total. The molecular formula is C15H21NO3. The molecule has 0 saturated carbocycles. The zero-order valence-corrected chi connectivity index (χ0v) is 11.1. The highest BCUT2D eigenvalue weighted by molar-refractivity contribution is 5.92. The van der Waals surface area contributed by atoms with Gasteiger partial charge in [0.2, 0.25) is 5.91 Å². The maximum Gasteiger partial charge on any atom is 0.229 e. The number of ether oxygens (including phenoxy) is 1. The van der Waals surface area contributed by atoms with Crippen molar-refractivity contribution < 1.29 is 14.6 Å². The number of nitrogens with one attached hydrogen (secondary N) is 1. The molecule has 1 fully saturated rings. The normalized spacial score (nSPS) is 19.1. The van der Waals surface area contributed by atoms with Gasteiger partial charge in [-0.3, -0.25) is 4.79 Å². The Morgan fingerprint density at radius 3 is 3.11 bits per heavy atom. The Bertz CT molecular complexity index is 414. The van der Waals surface area contributed by atoms with E-state index in [4.69, 9.17) is 9.84 Å². The Morgan fingerprint density at radius 2 is 2.37 bits per heavy atom. The summed E-state index contributed by atoms with van der Waals surface area (Å²) in [5.41, 5.74) is 1.96. The first-order valence-electron chi connectivity index (χ1n) is 6.88. The summed E-state index contributed by atoms with van der Waals surface area (Å²) in [6.45, 7) is 1.48. The first-order chi connectivity index (χ1) is 9.29. The molecule has 1 amide bonds. The highest BCUT2D eigenvalue weighted by Gasteiger charge is 2.21. The first kappa shape index (κ1) is 14.0. The summed E-state index contributed by atoms with van der Waals surface area (Å²) in [5.74, 6) is 0.00820. The fourth-order valence-corrected chi connectivity index (χ4v) is 2.28. The van der Waals surface area contributed by atoms with Crippen molar-refractivity contribution in [2.24, 2.45) is 5.92 Å². The third kappa shape index (κ3) is 4.33. The van der Waals surface area contributed by atoms with Gasteiger partial charge in [-0.25, -0.2) is 0 Å². The number of rotatable bonds is 5. The molecule has 4 heteroatoms. The molecule has 1 unspecified atom stereocenters. The van der Waals surface area contributed by atoms with Crippen molar-refractivity contribution in [2.75, 3.05) is 25.1 Å². The number of anilines is 1. The molecule has 1 aromatic carbocycles. The van der Waals surface area contributed by atoms with E-state index in [0.29, 0.717) is 6.61 Å². The van der Waals surface area contributed by atoms with Crippen LogP contribution in [0.25, 0.3) is 0 Å². The Labute approximate surface area is 113 Å². The van der Waals surface area contributed by atoms with Crippen LogP contribution in [0.3, 0.4) is 0 Å². The second kappa shape index (κ2) is 7.26. The molecule has 0 aromatic heterocycles. The van der Waals surface area contributed by atoms with E-state index >= 15 is 0 Å². The molecule has 0 spiro atoms. The molecular weight excluding hydrogens is 242 g/mol. The third-order valence-corrected chi connectivity index (χ3v) is 3.35. The monoisotopic (exact) mass is 263 g/mol. The zero-order chi connectivity index (χ0) is 13.5. The fraction of sp³-hybridized carbons (Fsp3) is 0.533. The van der Waals surface area contributed by atoms with Crippen LogP contribution in [0.5, 0.6) is 0 Å². The summed E-state index contributed by atoms with van der Waals surface area (Å²) in [4.78, 5) is 12.1. The number of aliphatic hydroxyl groups is 1. The van der Waals surface area contributed by atoms with E-state index in [2.05, 4.69) is 5.32 Å². The number of hydrogen-bond donors (Lipinski definition) is 2. The van der Waals surface area contributed by atoms with Gasteiger partial charge in [0.1, 0.15) is 0 Å². The van der Waals surface area contributed by atoms with E-state index in [9.17, 15) is 4.79 Å². The summed E-state index contributed by atoms with van der Waals surface area (Å²) >= 11 is 0. The topological polar surface area (TPSA) is 58.6 Å². The third-order valence-electron chi connectivity index (χ3n) is 3.35. The number of carbonyl (C=O) groups excluding carboxylic acids is 1. The molecule has 2 rings (SSSR count). The van der Waals surface area contributed by atoms with Crippen LogP contribution in [-0.4, -0.2) is 30.8 Å². The molecule has 1 aliphatic heterocycles. The number of amides is 1. The SMILES string of the molecule is O=C(Nc1cccc(CCCO)c1)C1CCCOC1. The van der Waals surface area contributed by atoms with Crippen LogP contribution in [0.2, 0.25) is 0 Å². The fourth-order valence-electron chi connectivity index (χ4n) is 2.28. The van der Waals surface area contributed by atoms with Crippen molar-refractivity contribution >= 4 is 11.6 Å². The number of aliphatic hydroxyl groups excluding tert-OH is 1. The van der Waals surface area contributed by atoms with E-state index in [1.165, 1.54) is 0 Å². The van der Waals surface area contributed by atoms with E-state index in [-0.39, 0.29) is 18.4 Å². The summed E-state index contributed by atoms with van der Waals surface area (Å²) in [7, 11) is 0. The van der Waals surface area contributed by atoms with Crippen LogP contribution >= 0.6 is 0 Å². The van der Waals surface area contributed by atoms with Crippen molar-refractivity contribution in [3.63, 3.8) is 0 Å². The van der Waals surface area contributed by atoms with E-state index in [0.717, 1.165) is 43.5 Å². The number of carbonyl (C=O) groups is 1. The summed E-state index contributed by atoms with van der Waals surface area (Å²) in [6.07, 6.45) is 3.42. The number of aryl methyl sites for hydroxylation is 1. The van der Waals surface area contributed by atoms with Crippen LogP contribution in [0, 0.1) is 5.92 Å². The zero-order valence-electron chi connectivity index (χ0n) is 11.1. The predicted molar refractivity (Wildman–Crippen MR) is 74.0 cm³/mol. The molecule has 2 N–H and O–H groups in total. The molecule has 0 radical (unpaired) electrons. The Kier molecular flexibility index (Phi) is 5.36.